The fourth-order valence-electron chi connectivity index (χ4n) is 2.21. The van der Waals surface area contributed by atoms with Crippen LogP contribution in [0.15, 0.2) is 12.1 Å². The van der Waals surface area contributed by atoms with Crippen LogP contribution in [0.25, 0.3) is 0 Å². The smallest absolute Gasteiger partial charge is 0.416 e. The first kappa shape index (κ1) is 14.5. The first-order valence-corrected chi connectivity index (χ1v) is 5.84. The molecule has 0 amide bonds. The molecule has 0 unspecified atom stereocenters. The fourth-order valence-corrected chi connectivity index (χ4v) is 2.21. The van der Waals surface area contributed by atoms with Crippen molar-refractivity contribution >= 4 is 5.97 Å². The van der Waals surface area contributed by atoms with Crippen LogP contribution in [0.2, 0.25) is 0 Å². The molecule has 4 nitrogen and oxygen atoms in total. The van der Waals surface area contributed by atoms with E-state index in [0.29, 0.717) is 0 Å². The third-order valence-corrected chi connectivity index (χ3v) is 3.14. The zero-order chi connectivity index (χ0) is 15.1. The van der Waals surface area contributed by atoms with Crippen LogP contribution in [-0.2, 0) is 16.4 Å². The van der Waals surface area contributed by atoms with Gasteiger partial charge in [-0.3, -0.25) is 4.79 Å². The van der Waals surface area contributed by atoms with E-state index in [1.807, 2.05) is 0 Å². The van der Waals surface area contributed by atoms with Crippen LogP contribution in [0.3, 0.4) is 0 Å². The summed E-state index contributed by atoms with van der Waals surface area (Å²) in [6.07, 6.45) is -5.01. The quantitative estimate of drug-likeness (QED) is 0.929. The predicted molar refractivity (Wildman–Crippen MR) is 62.8 cm³/mol. The van der Waals surface area contributed by atoms with Crippen molar-refractivity contribution in [1.82, 2.24) is 0 Å². The lowest BCUT2D eigenvalue weighted by atomic mass is 9.78. The molecule has 1 aromatic rings. The Kier molecular flexibility index (Phi) is 3.31. The maximum absolute atomic E-state index is 13.1. The minimum atomic E-state index is -4.59. The molecule has 0 spiro atoms. The molecule has 0 atom stereocenters. The maximum atomic E-state index is 13.1. The summed E-state index contributed by atoms with van der Waals surface area (Å²) in [4.78, 5) is 10.8. The third kappa shape index (κ3) is 2.66. The topological polar surface area (TPSA) is 55.8 Å². The summed E-state index contributed by atoms with van der Waals surface area (Å²) in [5.74, 6) is -0.945. The van der Waals surface area contributed by atoms with Crippen LogP contribution >= 0.6 is 0 Å². The molecule has 0 radical (unpaired) electrons. The molecule has 0 aromatic heterocycles. The van der Waals surface area contributed by atoms with Gasteiger partial charge in [-0.15, -0.1) is 0 Å². The highest BCUT2D eigenvalue weighted by atomic mass is 19.4. The molecule has 2 rings (SSSR count). The maximum Gasteiger partial charge on any atom is 0.416 e. The normalized spacial score (nSPS) is 14.4. The number of alkyl halides is 3. The van der Waals surface area contributed by atoms with Crippen LogP contribution in [0.5, 0.6) is 11.5 Å². The summed E-state index contributed by atoms with van der Waals surface area (Å²) in [6, 6.07) is 2.08. The van der Waals surface area contributed by atoms with Crippen molar-refractivity contribution < 1.29 is 32.5 Å². The molecular formula is C13H13F3O4. The number of ether oxygens (including phenoxy) is 2. The van der Waals surface area contributed by atoms with Gasteiger partial charge in [0.1, 0.15) is 0 Å². The van der Waals surface area contributed by atoms with E-state index in [1.165, 1.54) is 19.9 Å². The van der Waals surface area contributed by atoms with Gasteiger partial charge in [-0.1, -0.05) is 13.8 Å². The first-order chi connectivity index (χ1) is 9.11. The van der Waals surface area contributed by atoms with Gasteiger partial charge in [-0.25, -0.2) is 0 Å². The molecule has 1 N–H and O–H groups in total. The van der Waals surface area contributed by atoms with Crippen LogP contribution in [0.1, 0.15) is 31.4 Å². The summed E-state index contributed by atoms with van der Waals surface area (Å²) in [5, 5.41) is 8.86. The molecule has 1 aromatic carbocycles. The van der Waals surface area contributed by atoms with Gasteiger partial charge in [0.25, 0.3) is 0 Å². The Bertz CT molecular complexity index is 549. The van der Waals surface area contributed by atoms with E-state index in [4.69, 9.17) is 14.6 Å². The van der Waals surface area contributed by atoms with Gasteiger partial charge in [0.2, 0.25) is 6.79 Å². The summed E-state index contributed by atoms with van der Waals surface area (Å²) >= 11 is 0. The summed E-state index contributed by atoms with van der Waals surface area (Å²) < 4.78 is 49.4. The molecule has 0 aliphatic carbocycles. The first-order valence-electron chi connectivity index (χ1n) is 5.84. The second kappa shape index (κ2) is 4.57. The molecule has 0 bridgehead atoms. The lowest BCUT2D eigenvalue weighted by Crippen LogP contribution is -2.25. The fraction of sp³-hybridized carbons (Fsp3) is 0.462. The molecule has 1 heterocycles. The van der Waals surface area contributed by atoms with Crippen LogP contribution in [-0.4, -0.2) is 17.9 Å². The van der Waals surface area contributed by atoms with E-state index in [2.05, 4.69) is 0 Å². The van der Waals surface area contributed by atoms with Crippen LogP contribution in [0.4, 0.5) is 13.2 Å². The van der Waals surface area contributed by atoms with Gasteiger partial charge in [-0.05, 0) is 17.7 Å². The second-order valence-electron chi connectivity index (χ2n) is 5.20. The monoisotopic (exact) mass is 290 g/mol. The second-order valence-corrected chi connectivity index (χ2v) is 5.20. The Morgan fingerprint density at radius 3 is 2.15 bits per heavy atom. The number of carbonyl (C=O) groups is 1. The van der Waals surface area contributed by atoms with Crippen molar-refractivity contribution in [2.45, 2.75) is 31.9 Å². The summed E-state index contributed by atoms with van der Waals surface area (Å²) in [6.45, 7) is 2.76. The zero-order valence-electron chi connectivity index (χ0n) is 10.9. The lowest BCUT2D eigenvalue weighted by molar-refractivity contribution is -0.141. The summed E-state index contributed by atoms with van der Waals surface area (Å²) in [7, 11) is 0. The van der Waals surface area contributed by atoms with Crippen molar-refractivity contribution in [2.24, 2.45) is 0 Å². The predicted octanol–water partition coefficient (Wildman–Crippen LogP) is 3.19. The largest absolute Gasteiger partial charge is 0.481 e. The van der Waals surface area contributed by atoms with Gasteiger partial charge in [-0.2, -0.15) is 13.2 Å². The minimum absolute atomic E-state index is 0.0206. The number of carboxylic acid groups (broad SMARTS) is 1. The number of carboxylic acids is 1. The molecule has 0 saturated carbocycles. The van der Waals surface area contributed by atoms with E-state index >= 15 is 0 Å². The number of halogens is 3. The zero-order valence-corrected chi connectivity index (χ0v) is 10.9. The van der Waals surface area contributed by atoms with Crippen molar-refractivity contribution in [2.75, 3.05) is 6.79 Å². The Hall–Kier alpha value is -1.92. The van der Waals surface area contributed by atoms with E-state index in [9.17, 15) is 18.0 Å². The number of hydrogen-bond donors (Lipinski definition) is 1. The highest BCUT2D eigenvalue weighted by Crippen LogP contribution is 2.45. The Morgan fingerprint density at radius 2 is 1.70 bits per heavy atom. The van der Waals surface area contributed by atoms with Gasteiger partial charge in [0, 0.05) is 5.41 Å². The van der Waals surface area contributed by atoms with E-state index in [-0.39, 0.29) is 23.9 Å². The van der Waals surface area contributed by atoms with Crippen LogP contribution < -0.4 is 9.47 Å². The van der Waals surface area contributed by atoms with Gasteiger partial charge in [0.05, 0.1) is 12.0 Å². The van der Waals surface area contributed by atoms with Crippen molar-refractivity contribution in [1.29, 1.82) is 0 Å². The molecule has 0 fully saturated rings. The van der Waals surface area contributed by atoms with E-state index in [0.717, 1.165) is 6.07 Å². The van der Waals surface area contributed by atoms with Gasteiger partial charge >= 0.3 is 12.1 Å². The number of fused-ring (bicyclic) bond motifs is 1. The molecule has 7 heteroatoms. The number of benzene rings is 1. The standard InChI is InChI=1S/C13H13F3O4/c1-12(2,5-11(17)18)7-3-9-10(20-6-19-9)4-8(7)13(14,15)16/h3-4H,5-6H2,1-2H3,(H,17,18). The number of hydrogen-bond acceptors (Lipinski definition) is 3. The average Bonchev–Trinajstić information content (AvgIpc) is 2.71. The van der Waals surface area contributed by atoms with E-state index < -0.39 is 29.5 Å². The molecular weight excluding hydrogens is 277 g/mol. The Balaban J connectivity index is 2.58. The SMILES string of the molecule is CC(C)(CC(=O)O)c1cc2c(cc1C(F)(F)F)OCO2. The number of rotatable bonds is 3. The van der Waals surface area contributed by atoms with E-state index in [1.54, 1.807) is 0 Å². The molecule has 20 heavy (non-hydrogen) atoms. The highest BCUT2D eigenvalue weighted by Gasteiger charge is 2.40. The van der Waals surface area contributed by atoms with Crippen molar-refractivity contribution in [3.05, 3.63) is 23.3 Å². The molecule has 0 saturated heterocycles. The molecule has 110 valence electrons. The number of aliphatic carboxylic acids is 1. The molecule has 1 aliphatic rings. The van der Waals surface area contributed by atoms with Gasteiger partial charge < -0.3 is 14.6 Å². The average molecular weight is 290 g/mol. The Labute approximate surface area is 113 Å². The van der Waals surface area contributed by atoms with Crippen molar-refractivity contribution in [3.63, 3.8) is 0 Å². The molecule has 1 aliphatic heterocycles. The van der Waals surface area contributed by atoms with Gasteiger partial charge in [0.15, 0.2) is 11.5 Å². The Morgan fingerprint density at radius 1 is 1.20 bits per heavy atom. The lowest BCUT2D eigenvalue weighted by Gasteiger charge is -2.27. The minimum Gasteiger partial charge on any atom is -0.481 e. The summed E-state index contributed by atoms with van der Waals surface area (Å²) in [5.41, 5.74) is -2.19. The van der Waals surface area contributed by atoms with Crippen LogP contribution in [0, 0.1) is 0 Å². The third-order valence-electron chi connectivity index (χ3n) is 3.14. The van der Waals surface area contributed by atoms with Crippen molar-refractivity contribution in [3.8, 4) is 11.5 Å². The highest BCUT2D eigenvalue weighted by molar-refractivity contribution is 5.69.